The molecule has 5 heteroatoms. The minimum atomic E-state index is 0.634. The zero-order chi connectivity index (χ0) is 13.7. The van der Waals surface area contributed by atoms with Crippen LogP contribution in [0.15, 0.2) is 28.8 Å². The Morgan fingerprint density at radius 2 is 2.26 bits per heavy atom. The molecule has 0 amide bonds. The minimum absolute atomic E-state index is 0.634. The lowest BCUT2D eigenvalue weighted by atomic mass is 10.1. The van der Waals surface area contributed by atoms with Crippen LogP contribution in [0.1, 0.15) is 12.3 Å². The average molecular weight is 281 g/mol. The SMILES string of the molecule is CNCCCc1ncc(-c2ccc(Cl)cc2OC)o1. The van der Waals surface area contributed by atoms with Crippen LogP contribution < -0.4 is 10.1 Å². The summed E-state index contributed by atoms with van der Waals surface area (Å²) in [4.78, 5) is 4.28. The zero-order valence-corrected chi connectivity index (χ0v) is 11.8. The number of oxazole rings is 1. The first-order valence-electron chi connectivity index (χ1n) is 6.18. The number of ether oxygens (including phenoxy) is 1. The molecule has 1 N–H and O–H groups in total. The number of methoxy groups -OCH3 is 1. The molecule has 102 valence electrons. The Balaban J connectivity index is 2.18. The topological polar surface area (TPSA) is 47.3 Å². The molecule has 0 aliphatic rings. The lowest BCUT2D eigenvalue weighted by molar-refractivity contribution is 0.413. The van der Waals surface area contributed by atoms with Crippen LogP contribution >= 0.6 is 11.6 Å². The van der Waals surface area contributed by atoms with E-state index in [4.69, 9.17) is 20.8 Å². The first kappa shape index (κ1) is 13.9. The van der Waals surface area contributed by atoms with Crippen LogP contribution in [0.2, 0.25) is 5.02 Å². The maximum atomic E-state index is 5.94. The largest absolute Gasteiger partial charge is 0.496 e. The van der Waals surface area contributed by atoms with Crippen molar-refractivity contribution in [3.63, 3.8) is 0 Å². The predicted octanol–water partition coefficient (Wildman–Crippen LogP) is 3.16. The van der Waals surface area contributed by atoms with Crippen molar-refractivity contribution in [2.75, 3.05) is 20.7 Å². The van der Waals surface area contributed by atoms with Gasteiger partial charge in [0.2, 0.25) is 0 Å². The molecule has 4 nitrogen and oxygen atoms in total. The maximum Gasteiger partial charge on any atom is 0.194 e. The number of nitrogens with zero attached hydrogens (tertiary/aromatic N) is 1. The van der Waals surface area contributed by atoms with E-state index < -0.39 is 0 Å². The monoisotopic (exact) mass is 280 g/mol. The summed E-state index contributed by atoms with van der Waals surface area (Å²) >= 11 is 5.94. The Labute approximate surface area is 117 Å². The lowest BCUT2D eigenvalue weighted by Gasteiger charge is -2.05. The van der Waals surface area contributed by atoms with Gasteiger partial charge < -0.3 is 14.5 Å². The Bertz CT molecular complexity index is 540. The fraction of sp³-hybridized carbons (Fsp3) is 0.357. The number of halogens is 1. The molecule has 1 heterocycles. The van der Waals surface area contributed by atoms with Gasteiger partial charge in [-0.1, -0.05) is 11.6 Å². The van der Waals surface area contributed by atoms with Crippen LogP contribution in [-0.4, -0.2) is 25.7 Å². The second kappa shape index (κ2) is 6.59. The summed E-state index contributed by atoms with van der Waals surface area (Å²) < 4.78 is 11.0. The molecule has 19 heavy (non-hydrogen) atoms. The first-order chi connectivity index (χ1) is 9.24. The van der Waals surface area contributed by atoms with Crippen molar-refractivity contribution in [2.24, 2.45) is 0 Å². The van der Waals surface area contributed by atoms with Crippen molar-refractivity contribution in [1.82, 2.24) is 10.3 Å². The van der Waals surface area contributed by atoms with E-state index in [0.29, 0.717) is 16.5 Å². The molecule has 2 aromatic rings. The Morgan fingerprint density at radius 3 is 3.00 bits per heavy atom. The van der Waals surface area contributed by atoms with E-state index >= 15 is 0 Å². The molecule has 0 saturated heterocycles. The third-order valence-electron chi connectivity index (χ3n) is 2.80. The molecule has 1 aromatic carbocycles. The normalized spacial score (nSPS) is 10.7. The van der Waals surface area contributed by atoms with Crippen molar-refractivity contribution >= 4 is 11.6 Å². The highest BCUT2D eigenvalue weighted by Crippen LogP contribution is 2.32. The third-order valence-corrected chi connectivity index (χ3v) is 3.04. The molecule has 0 bridgehead atoms. The molecule has 1 aromatic heterocycles. The number of aromatic nitrogens is 1. The van der Waals surface area contributed by atoms with Gasteiger partial charge in [0.25, 0.3) is 0 Å². The first-order valence-corrected chi connectivity index (χ1v) is 6.55. The number of hydrogen-bond donors (Lipinski definition) is 1. The van der Waals surface area contributed by atoms with Gasteiger partial charge >= 0.3 is 0 Å². The number of aryl methyl sites for hydroxylation is 1. The summed E-state index contributed by atoms with van der Waals surface area (Å²) in [7, 11) is 3.54. The van der Waals surface area contributed by atoms with E-state index in [1.54, 1.807) is 19.4 Å². The van der Waals surface area contributed by atoms with Crippen molar-refractivity contribution in [2.45, 2.75) is 12.8 Å². The maximum absolute atomic E-state index is 5.94. The van der Waals surface area contributed by atoms with Crippen LogP contribution in [0.5, 0.6) is 5.75 Å². The second-order valence-electron chi connectivity index (χ2n) is 4.17. The van der Waals surface area contributed by atoms with Crippen molar-refractivity contribution in [3.05, 3.63) is 35.3 Å². The molecule has 0 aliphatic carbocycles. The summed E-state index contributed by atoms with van der Waals surface area (Å²) in [6.45, 7) is 0.946. The van der Waals surface area contributed by atoms with Crippen LogP contribution in [0.4, 0.5) is 0 Å². The Kier molecular flexibility index (Phi) is 4.82. The van der Waals surface area contributed by atoms with Gasteiger partial charge in [0, 0.05) is 11.4 Å². The molecule has 0 atom stereocenters. The molecule has 0 fully saturated rings. The highest BCUT2D eigenvalue weighted by Gasteiger charge is 2.11. The van der Waals surface area contributed by atoms with Crippen molar-refractivity contribution in [1.29, 1.82) is 0 Å². The molecule has 2 rings (SSSR count). The highest BCUT2D eigenvalue weighted by molar-refractivity contribution is 6.30. The van der Waals surface area contributed by atoms with Crippen LogP contribution in [-0.2, 0) is 6.42 Å². The smallest absolute Gasteiger partial charge is 0.194 e. The average Bonchev–Trinajstić information content (AvgIpc) is 2.87. The molecule has 0 saturated carbocycles. The van der Waals surface area contributed by atoms with Gasteiger partial charge in [-0.05, 0) is 38.2 Å². The van der Waals surface area contributed by atoms with Gasteiger partial charge in [0.15, 0.2) is 11.7 Å². The van der Waals surface area contributed by atoms with Crippen LogP contribution in [0.3, 0.4) is 0 Å². The molecule has 0 spiro atoms. The molecule has 0 radical (unpaired) electrons. The van der Waals surface area contributed by atoms with E-state index in [-0.39, 0.29) is 0 Å². The number of nitrogens with one attached hydrogen (secondary N) is 1. The quantitative estimate of drug-likeness (QED) is 0.826. The third kappa shape index (κ3) is 3.49. The second-order valence-corrected chi connectivity index (χ2v) is 4.61. The van der Waals surface area contributed by atoms with E-state index in [2.05, 4.69) is 10.3 Å². The van der Waals surface area contributed by atoms with Gasteiger partial charge in [0.05, 0.1) is 18.9 Å². The predicted molar refractivity (Wildman–Crippen MR) is 75.7 cm³/mol. The number of rotatable bonds is 6. The highest BCUT2D eigenvalue weighted by atomic mass is 35.5. The van der Waals surface area contributed by atoms with Gasteiger partial charge in [0.1, 0.15) is 5.75 Å². The fourth-order valence-corrected chi connectivity index (χ4v) is 2.00. The van der Waals surface area contributed by atoms with Crippen LogP contribution in [0.25, 0.3) is 11.3 Å². The van der Waals surface area contributed by atoms with E-state index in [1.165, 1.54) is 0 Å². The molecular formula is C14H17ClN2O2. The standard InChI is InChI=1S/C14H17ClN2O2/c1-16-7-3-4-14-17-9-13(19-14)11-6-5-10(15)8-12(11)18-2/h5-6,8-9,16H,3-4,7H2,1-2H3. The van der Waals surface area contributed by atoms with E-state index in [1.807, 2.05) is 19.2 Å². The van der Waals surface area contributed by atoms with Crippen LogP contribution in [0, 0.1) is 0 Å². The summed E-state index contributed by atoms with van der Waals surface area (Å²) in [5.41, 5.74) is 0.860. The molecular weight excluding hydrogens is 264 g/mol. The summed E-state index contributed by atoms with van der Waals surface area (Å²) in [5.74, 6) is 2.13. The van der Waals surface area contributed by atoms with Gasteiger partial charge in [-0.2, -0.15) is 0 Å². The van der Waals surface area contributed by atoms with E-state index in [0.717, 1.165) is 30.8 Å². The molecule has 0 aliphatic heterocycles. The van der Waals surface area contributed by atoms with Gasteiger partial charge in [-0.25, -0.2) is 4.98 Å². The van der Waals surface area contributed by atoms with E-state index in [9.17, 15) is 0 Å². The minimum Gasteiger partial charge on any atom is -0.496 e. The van der Waals surface area contributed by atoms with Crippen molar-refractivity contribution < 1.29 is 9.15 Å². The Hall–Kier alpha value is -1.52. The number of hydrogen-bond acceptors (Lipinski definition) is 4. The van der Waals surface area contributed by atoms with Crippen molar-refractivity contribution in [3.8, 4) is 17.1 Å². The summed E-state index contributed by atoms with van der Waals surface area (Å²) in [5, 5.41) is 3.73. The Morgan fingerprint density at radius 1 is 1.42 bits per heavy atom. The number of benzene rings is 1. The zero-order valence-electron chi connectivity index (χ0n) is 11.1. The van der Waals surface area contributed by atoms with Gasteiger partial charge in [-0.3, -0.25) is 0 Å². The summed E-state index contributed by atoms with van der Waals surface area (Å²) in [6.07, 6.45) is 3.53. The van der Waals surface area contributed by atoms with Gasteiger partial charge in [-0.15, -0.1) is 0 Å². The molecule has 0 unspecified atom stereocenters. The lowest BCUT2D eigenvalue weighted by Crippen LogP contribution is -2.08. The summed E-state index contributed by atoms with van der Waals surface area (Å²) in [6, 6.07) is 5.45. The fourth-order valence-electron chi connectivity index (χ4n) is 1.84.